The van der Waals surface area contributed by atoms with Crippen LogP contribution in [-0.2, 0) is 66.7 Å². The third-order valence-electron chi connectivity index (χ3n) is 13.3. The molecule has 0 unspecified atom stereocenters. The molecule has 474 valence electrons. The lowest BCUT2D eigenvalue weighted by Gasteiger charge is -2.46. The second-order valence-corrected chi connectivity index (χ2v) is 20.3. The minimum Gasteiger partial charge on any atom is -0.394 e. The van der Waals surface area contributed by atoms with Crippen LogP contribution >= 0.6 is 0 Å². The standard InChI is InChI=1S/C48H85N7O27/c1-22(2)54-29(60)8-11-51-32(63)18-55(16-30(61)49-9-4-6-27(58)52-12-14-75-45-40(71)37(68)33(64)23(3)78-45)17-31(62)50-10-5-7-28(59)53-13-15-76-47-43(74)44(82-48-42(73)39(70)35(66)25(20-57)80-48)36(67)26(81-47)21-77-46-41(72)38(69)34(65)24(19-56)79-46/h22-26,33-48,56-57,64-74H,4-21H2,1-3H3,(H,49,61)(H,50,62)(H,51,63)(H,52,58)(H,53,59)(H,54,60)/t23-,24+,25+,26+,33+,34+,35+,36+,37+,38-,39-,40-,41-,42-,43-,44-,45+,46-,47-,48+/m0/s1. The van der Waals surface area contributed by atoms with Crippen LogP contribution in [0.2, 0.25) is 0 Å². The van der Waals surface area contributed by atoms with E-state index in [2.05, 4.69) is 31.9 Å². The van der Waals surface area contributed by atoms with Crippen LogP contribution in [0.25, 0.3) is 0 Å². The average molecular weight is 1190 g/mol. The Hall–Kier alpha value is -4.06. The fourth-order valence-electron chi connectivity index (χ4n) is 8.73. The largest absolute Gasteiger partial charge is 0.394 e. The number of carbonyl (C=O) groups is 6. The lowest BCUT2D eigenvalue weighted by Crippen LogP contribution is -2.65. The second kappa shape index (κ2) is 35.4. The quantitative estimate of drug-likeness (QED) is 0.0271. The van der Waals surface area contributed by atoms with E-state index in [1.54, 1.807) is 13.8 Å². The summed E-state index contributed by atoms with van der Waals surface area (Å²) in [4.78, 5) is 77.3. The summed E-state index contributed by atoms with van der Waals surface area (Å²) in [6.07, 6.45) is -32.3. The molecule has 4 aliphatic heterocycles. The molecule has 4 saturated heterocycles. The Bertz CT molecular complexity index is 1970. The molecule has 19 N–H and O–H groups in total. The lowest BCUT2D eigenvalue weighted by molar-refractivity contribution is -0.366. The molecule has 34 nitrogen and oxygen atoms in total. The van der Waals surface area contributed by atoms with E-state index in [0.29, 0.717) is 0 Å². The van der Waals surface area contributed by atoms with Crippen molar-refractivity contribution in [2.24, 2.45) is 0 Å². The van der Waals surface area contributed by atoms with Crippen molar-refractivity contribution in [3.63, 3.8) is 0 Å². The van der Waals surface area contributed by atoms with E-state index in [4.69, 9.17) is 37.9 Å². The molecular formula is C48H85N7O27. The molecule has 4 heterocycles. The Kier molecular flexibility index (Phi) is 30.4. The predicted octanol–water partition coefficient (Wildman–Crippen LogP) is -11.3. The van der Waals surface area contributed by atoms with Crippen LogP contribution in [0.1, 0.15) is 52.9 Å². The van der Waals surface area contributed by atoms with Gasteiger partial charge in [0.05, 0.1) is 58.8 Å². The lowest BCUT2D eigenvalue weighted by atomic mass is 9.96. The van der Waals surface area contributed by atoms with Crippen molar-refractivity contribution in [3.05, 3.63) is 0 Å². The van der Waals surface area contributed by atoms with Gasteiger partial charge in [-0.1, -0.05) is 0 Å². The third-order valence-corrected chi connectivity index (χ3v) is 13.3. The first-order chi connectivity index (χ1) is 38.9. The van der Waals surface area contributed by atoms with Crippen LogP contribution in [-0.4, -0.2) is 321 Å². The Labute approximate surface area is 471 Å². The number of nitrogens with zero attached hydrogens (tertiary/aromatic N) is 1. The number of amides is 6. The Balaban J connectivity index is 1.22. The molecule has 0 bridgehead atoms. The molecule has 4 rings (SSSR count). The highest BCUT2D eigenvalue weighted by atomic mass is 16.8. The van der Waals surface area contributed by atoms with Crippen molar-refractivity contribution in [2.75, 3.05) is 85.4 Å². The highest BCUT2D eigenvalue weighted by Crippen LogP contribution is 2.31. The monoisotopic (exact) mass is 1190 g/mol. The third kappa shape index (κ3) is 22.1. The maximum atomic E-state index is 13.0. The van der Waals surface area contributed by atoms with Crippen molar-refractivity contribution in [1.29, 1.82) is 0 Å². The number of nitrogens with one attached hydrogen (secondary N) is 6. The molecule has 20 atom stereocenters. The number of hydrogen-bond donors (Lipinski definition) is 19. The molecule has 0 aliphatic carbocycles. The van der Waals surface area contributed by atoms with Gasteiger partial charge in [0.2, 0.25) is 35.4 Å². The van der Waals surface area contributed by atoms with Gasteiger partial charge in [-0.05, 0) is 33.6 Å². The molecule has 4 aliphatic rings. The summed E-state index contributed by atoms with van der Waals surface area (Å²) < 4.78 is 44.1. The highest BCUT2D eigenvalue weighted by molar-refractivity contribution is 5.84. The zero-order valence-electron chi connectivity index (χ0n) is 45.8. The summed E-state index contributed by atoms with van der Waals surface area (Å²) in [7, 11) is 0. The van der Waals surface area contributed by atoms with E-state index in [9.17, 15) is 95.2 Å². The van der Waals surface area contributed by atoms with Gasteiger partial charge in [-0.15, -0.1) is 0 Å². The molecule has 34 heteroatoms. The van der Waals surface area contributed by atoms with E-state index in [-0.39, 0.29) is 95.9 Å². The first kappa shape index (κ1) is 70.4. The van der Waals surface area contributed by atoms with E-state index in [1.165, 1.54) is 11.8 Å². The smallest absolute Gasteiger partial charge is 0.234 e. The van der Waals surface area contributed by atoms with E-state index in [0.717, 1.165) is 0 Å². The van der Waals surface area contributed by atoms with Crippen molar-refractivity contribution in [1.82, 2.24) is 36.8 Å². The van der Waals surface area contributed by atoms with Gasteiger partial charge in [-0.3, -0.25) is 33.7 Å². The summed E-state index contributed by atoms with van der Waals surface area (Å²) in [6, 6.07) is -0.120. The van der Waals surface area contributed by atoms with Gasteiger partial charge in [-0.2, -0.15) is 0 Å². The molecule has 0 aromatic carbocycles. The van der Waals surface area contributed by atoms with Gasteiger partial charge < -0.3 is 136 Å². The van der Waals surface area contributed by atoms with Crippen molar-refractivity contribution >= 4 is 35.4 Å². The van der Waals surface area contributed by atoms with Gasteiger partial charge in [0.15, 0.2) is 25.2 Å². The summed E-state index contributed by atoms with van der Waals surface area (Å²) in [6.45, 7) is 0.844. The highest BCUT2D eigenvalue weighted by Gasteiger charge is 2.52. The SMILES string of the molecule is CC(C)NC(=O)CCNC(=O)CN(CC(=O)NCCCC(=O)NCCO[C@@H]1O[C@@H](C)[C@@H](O)[C@@H](O)[C@@H]1O)CC(=O)NCCCC(=O)NCCO[C@H]1O[C@H](CO[C@H]2O[C@H](CO)[C@@H](O)[C@H](O)[C@@H]2O)[C@@H](O)[C@H](O[C@H]2O[C@H](CO)[C@@H](O)[C@H](O)[C@@H]2O)[C@@H]1O. The normalized spacial score (nSPS) is 34.0. The molecule has 6 amide bonds. The minimum absolute atomic E-state index is 0.00531. The van der Waals surface area contributed by atoms with Crippen molar-refractivity contribution in [2.45, 2.75) is 182 Å². The molecule has 4 fully saturated rings. The van der Waals surface area contributed by atoms with E-state index < -0.39 is 186 Å². The van der Waals surface area contributed by atoms with Gasteiger partial charge in [-0.25, -0.2) is 0 Å². The van der Waals surface area contributed by atoms with Crippen LogP contribution in [0.15, 0.2) is 0 Å². The summed E-state index contributed by atoms with van der Waals surface area (Å²) in [5.74, 6) is -2.98. The molecule has 0 radical (unpaired) electrons. The van der Waals surface area contributed by atoms with Crippen LogP contribution in [0, 0.1) is 0 Å². The van der Waals surface area contributed by atoms with Crippen LogP contribution in [0.5, 0.6) is 0 Å². The topological polar surface area (TPSA) is 515 Å². The Morgan fingerprint density at radius 3 is 1.34 bits per heavy atom. The van der Waals surface area contributed by atoms with Crippen LogP contribution < -0.4 is 31.9 Å². The minimum atomic E-state index is -1.96. The first-order valence-corrected chi connectivity index (χ1v) is 27.0. The zero-order valence-corrected chi connectivity index (χ0v) is 45.8. The van der Waals surface area contributed by atoms with Gasteiger partial charge in [0, 0.05) is 58.0 Å². The molecule has 0 aromatic heterocycles. The van der Waals surface area contributed by atoms with Crippen molar-refractivity contribution < 1.29 is 133 Å². The Morgan fingerprint density at radius 2 is 0.854 bits per heavy atom. The molecular weight excluding hydrogens is 1110 g/mol. The molecule has 82 heavy (non-hydrogen) atoms. The molecule has 0 aromatic rings. The summed E-state index contributed by atoms with van der Waals surface area (Å²) in [5.41, 5.74) is 0. The van der Waals surface area contributed by atoms with Crippen LogP contribution in [0.4, 0.5) is 0 Å². The number of carbonyl (C=O) groups excluding carboxylic acids is 6. The predicted molar refractivity (Wildman–Crippen MR) is 271 cm³/mol. The average Bonchev–Trinajstić information content (AvgIpc) is 3.47. The molecule has 0 spiro atoms. The number of hydrogen-bond acceptors (Lipinski definition) is 28. The number of ether oxygens (including phenoxy) is 8. The number of rotatable bonds is 33. The zero-order chi connectivity index (χ0) is 60.8. The number of aliphatic hydroxyl groups is 13. The van der Waals surface area contributed by atoms with E-state index >= 15 is 0 Å². The maximum Gasteiger partial charge on any atom is 0.234 e. The van der Waals surface area contributed by atoms with E-state index in [1.807, 2.05) is 0 Å². The van der Waals surface area contributed by atoms with Crippen LogP contribution in [0.3, 0.4) is 0 Å². The van der Waals surface area contributed by atoms with Crippen molar-refractivity contribution in [3.8, 4) is 0 Å². The maximum absolute atomic E-state index is 13.0. The molecule has 0 saturated carbocycles. The second-order valence-electron chi connectivity index (χ2n) is 20.3. The van der Waals surface area contributed by atoms with Gasteiger partial charge in [0.1, 0.15) is 91.6 Å². The fourth-order valence-corrected chi connectivity index (χ4v) is 8.73. The number of aliphatic hydroxyl groups excluding tert-OH is 13. The summed E-state index contributed by atoms with van der Waals surface area (Å²) in [5, 5.41) is 149. The van der Waals surface area contributed by atoms with Gasteiger partial charge in [0.25, 0.3) is 0 Å². The fraction of sp³-hybridized carbons (Fsp3) is 0.875. The Morgan fingerprint density at radius 1 is 0.439 bits per heavy atom. The first-order valence-electron chi connectivity index (χ1n) is 27.0. The summed E-state index contributed by atoms with van der Waals surface area (Å²) >= 11 is 0. The van der Waals surface area contributed by atoms with Gasteiger partial charge >= 0.3 is 0 Å².